The Bertz CT molecular complexity index is 1310. The normalized spacial score (nSPS) is 17.0. The Morgan fingerprint density at radius 3 is 2.39 bits per heavy atom. The maximum absolute atomic E-state index is 12.9. The van der Waals surface area contributed by atoms with E-state index in [4.69, 9.17) is 0 Å². The summed E-state index contributed by atoms with van der Waals surface area (Å²) >= 11 is 0. The minimum Gasteiger partial charge on any atom is -0.363 e. The van der Waals surface area contributed by atoms with E-state index in [1.165, 1.54) is 6.07 Å². The molecule has 3 aromatic rings. The Morgan fingerprint density at radius 1 is 0.972 bits per heavy atom. The Hall–Kier alpha value is -3.98. The second kappa shape index (κ2) is 9.94. The van der Waals surface area contributed by atoms with Crippen molar-refractivity contribution < 1.29 is 14.5 Å². The monoisotopic (exact) mass is 487 g/mol. The summed E-state index contributed by atoms with van der Waals surface area (Å²) in [6.07, 6.45) is 2.10. The summed E-state index contributed by atoms with van der Waals surface area (Å²) in [4.78, 5) is 40.8. The van der Waals surface area contributed by atoms with Crippen LogP contribution in [0.1, 0.15) is 30.1 Å². The highest BCUT2D eigenvalue weighted by molar-refractivity contribution is 6.06. The summed E-state index contributed by atoms with van der Waals surface area (Å²) < 4.78 is 0. The number of nitrogens with one attached hydrogen (secondary N) is 2. The fourth-order valence-electron chi connectivity index (χ4n) is 4.61. The smallest absolute Gasteiger partial charge is 0.293 e. The molecule has 5 rings (SSSR count). The second-order valence-corrected chi connectivity index (χ2v) is 9.46. The van der Waals surface area contributed by atoms with Crippen LogP contribution in [0.15, 0.2) is 60.7 Å². The number of carbonyl (C=O) groups is 2. The standard InChI is InChI=1S/C27H29N5O4/c1-18(26(33)28-22-9-10-22)30-12-14-31(15-13-30)24-11-7-21(17-25(24)32(35)36)27(34)29-23-8-6-19-4-2-3-5-20(19)16-23/h2-8,11,16-18,22H,9-10,12-15H2,1H3,(H,28,33)(H,29,34)/t18-/m0/s1. The predicted molar refractivity (Wildman–Crippen MR) is 139 cm³/mol. The SMILES string of the molecule is C[C@@H](C(=O)NC1CC1)N1CCN(c2ccc(C(=O)Nc3ccc4ccccc4c3)cc2[N+](=O)[O-])CC1. The summed E-state index contributed by atoms with van der Waals surface area (Å²) in [5.41, 5.74) is 1.23. The summed E-state index contributed by atoms with van der Waals surface area (Å²) in [6, 6.07) is 18.1. The third kappa shape index (κ3) is 5.16. The predicted octanol–water partition coefficient (Wildman–Crippen LogP) is 3.79. The maximum atomic E-state index is 12.9. The number of nitro benzene ring substituents is 1. The van der Waals surface area contributed by atoms with E-state index < -0.39 is 10.8 Å². The molecule has 1 atom stereocenters. The van der Waals surface area contributed by atoms with Crippen molar-refractivity contribution in [2.45, 2.75) is 31.8 Å². The van der Waals surface area contributed by atoms with E-state index in [0.717, 1.165) is 23.6 Å². The van der Waals surface area contributed by atoms with Crippen LogP contribution in [0.5, 0.6) is 0 Å². The van der Waals surface area contributed by atoms with Crippen molar-refractivity contribution in [3.05, 3.63) is 76.3 Å². The molecule has 1 aliphatic heterocycles. The van der Waals surface area contributed by atoms with Gasteiger partial charge in [0, 0.05) is 49.5 Å². The van der Waals surface area contributed by atoms with E-state index >= 15 is 0 Å². The summed E-state index contributed by atoms with van der Waals surface area (Å²) in [5, 5.41) is 19.8. The lowest BCUT2D eigenvalue weighted by atomic mass is 10.1. The van der Waals surface area contributed by atoms with Crippen molar-refractivity contribution in [2.75, 3.05) is 36.4 Å². The highest BCUT2D eigenvalue weighted by Gasteiger charge is 2.31. The molecule has 2 fully saturated rings. The van der Waals surface area contributed by atoms with Crippen molar-refractivity contribution in [3.63, 3.8) is 0 Å². The van der Waals surface area contributed by atoms with Gasteiger partial charge in [-0.15, -0.1) is 0 Å². The van der Waals surface area contributed by atoms with Gasteiger partial charge in [0.2, 0.25) is 5.91 Å². The Kier molecular flexibility index (Phi) is 6.56. The van der Waals surface area contributed by atoms with E-state index in [1.807, 2.05) is 54.3 Å². The Morgan fingerprint density at radius 2 is 1.69 bits per heavy atom. The molecule has 1 heterocycles. The van der Waals surface area contributed by atoms with E-state index in [0.29, 0.717) is 43.6 Å². The molecule has 36 heavy (non-hydrogen) atoms. The number of benzene rings is 3. The summed E-state index contributed by atoms with van der Waals surface area (Å²) in [5.74, 6) is -0.362. The van der Waals surface area contributed by atoms with Crippen LogP contribution in [0, 0.1) is 10.1 Å². The van der Waals surface area contributed by atoms with Gasteiger partial charge >= 0.3 is 0 Å². The lowest BCUT2D eigenvalue weighted by Crippen LogP contribution is -2.54. The number of nitro groups is 1. The molecule has 1 saturated carbocycles. The number of anilines is 2. The van der Waals surface area contributed by atoms with E-state index in [1.54, 1.807) is 12.1 Å². The van der Waals surface area contributed by atoms with Crippen LogP contribution >= 0.6 is 0 Å². The lowest BCUT2D eigenvalue weighted by Gasteiger charge is -2.38. The molecule has 0 spiro atoms. The van der Waals surface area contributed by atoms with Crippen molar-refractivity contribution in [3.8, 4) is 0 Å². The van der Waals surface area contributed by atoms with Gasteiger partial charge in [0.1, 0.15) is 5.69 Å². The number of piperazine rings is 1. The molecule has 0 radical (unpaired) electrons. The zero-order chi connectivity index (χ0) is 25.2. The summed E-state index contributed by atoms with van der Waals surface area (Å²) in [7, 11) is 0. The number of carbonyl (C=O) groups excluding carboxylic acids is 2. The van der Waals surface area contributed by atoms with Crippen LogP contribution < -0.4 is 15.5 Å². The van der Waals surface area contributed by atoms with Crippen molar-refractivity contribution in [1.82, 2.24) is 10.2 Å². The van der Waals surface area contributed by atoms with Gasteiger partial charge in [-0.25, -0.2) is 0 Å². The quantitative estimate of drug-likeness (QED) is 0.388. The van der Waals surface area contributed by atoms with Crippen LogP contribution in [0.4, 0.5) is 17.1 Å². The molecule has 2 N–H and O–H groups in total. The van der Waals surface area contributed by atoms with Crippen molar-refractivity contribution in [2.24, 2.45) is 0 Å². The lowest BCUT2D eigenvalue weighted by molar-refractivity contribution is -0.384. The second-order valence-electron chi connectivity index (χ2n) is 9.46. The molecule has 1 aliphatic carbocycles. The molecule has 3 aromatic carbocycles. The molecular formula is C27H29N5O4. The number of amides is 2. The van der Waals surface area contributed by atoms with Crippen LogP contribution in [-0.2, 0) is 4.79 Å². The number of hydrogen-bond acceptors (Lipinski definition) is 6. The molecular weight excluding hydrogens is 458 g/mol. The van der Waals surface area contributed by atoms with E-state index in [-0.39, 0.29) is 23.2 Å². The first kappa shape index (κ1) is 23.7. The molecule has 0 aromatic heterocycles. The van der Waals surface area contributed by atoms with Gasteiger partial charge in [-0.2, -0.15) is 0 Å². The third-order valence-electron chi connectivity index (χ3n) is 6.95. The molecule has 2 aliphatic rings. The first-order chi connectivity index (χ1) is 17.4. The van der Waals surface area contributed by atoms with Gasteiger partial charge in [0.25, 0.3) is 11.6 Å². The van der Waals surface area contributed by atoms with Crippen LogP contribution in [0.3, 0.4) is 0 Å². The Balaban J connectivity index is 1.26. The molecule has 2 amide bonds. The number of rotatable bonds is 7. The fourth-order valence-corrected chi connectivity index (χ4v) is 4.61. The highest BCUT2D eigenvalue weighted by atomic mass is 16.6. The van der Waals surface area contributed by atoms with Crippen LogP contribution in [-0.4, -0.2) is 59.9 Å². The highest BCUT2D eigenvalue weighted by Crippen LogP contribution is 2.31. The van der Waals surface area contributed by atoms with Gasteiger partial charge in [0.15, 0.2) is 0 Å². The Labute approximate surface area is 209 Å². The number of fused-ring (bicyclic) bond motifs is 1. The van der Waals surface area contributed by atoms with E-state index in [9.17, 15) is 19.7 Å². The van der Waals surface area contributed by atoms with Gasteiger partial charge in [-0.3, -0.25) is 24.6 Å². The minimum atomic E-state index is -0.444. The molecule has 0 bridgehead atoms. The average molecular weight is 488 g/mol. The maximum Gasteiger partial charge on any atom is 0.293 e. The summed E-state index contributed by atoms with van der Waals surface area (Å²) in [6.45, 7) is 4.27. The van der Waals surface area contributed by atoms with Crippen molar-refractivity contribution >= 4 is 39.6 Å². The van der Waals surface area contributed by atoms with Crippen LogP contribution in [0.25, 0.3) is 10.8 Å². The van der Waals surface area contributed by atoms with Gasteiger partial charge in [-0.05, 0) is 54.8 Å². The van der Waals surface area contributed by atoms with Gasteiger partial charge < -0.3 is 15.5 Å². The molecule has 9 heteroatoms. The van der Waals surface area contributed by atoms with E-state index in [2.05, 4.69) is 15.5 Å². The minimum absolute atomic E-state index is 0.0405. The van der Waals surface area contributed by atoms with Gasteiger partial charge in [-0.1, -0.05) is 30.3 Å². The first-order valence-corrected chi connectivity index (χ1v) is 12.3. The zero-order valence-corrected chi connectivity index (χ0v) is 20.1. The molecule has 9 nitrogen and oxygen atoms in total. The van der Waals surface area contributed by atoms with Gasteiger partial charge in [0.05, 0.1) is 11.0 Å². The van der Waals surface area contributed by atoms with Crippen LogP contribution in [0.2, 0.25) is 0 Å². The fraction of sp³-hybridized carbons (Fsp3) is 0.333. The number of nitrogens with zero attached hydrogens (tertiary/aromatic N) is 3. The average Bonchev–Trinajstić information content (AvgIpc) is 3.72. The topological polar surface area (TPSA) is 108 Å². The molecule has 186 valence electrons. The third-order valence-corrected chi connectivity index (χ3v) is 6.95. The molecule has 1 saturated heterocycles. The number of hydrogen-bond donors (Lipinski definition) is 2. The largest absolute Gasteiger partial charge is 0.363 e. The van der Waals surface area contributed by atoms with Crippen molar-refractivity contribution in [1.29, 1.82) is 0 Å². The first-order valence-electron chi connectivity index (χ1n) is 12.3. The zero-order valence-electron chi connectivity index (χ0n) is 20.1. The molecule has 0 unspecified atom stereocenters.